The van der Waals surface area contributed by atoms with Crippen LogP contribution in [0.25, 0.3) is 0 Å². The van der Waals surface area contributed by atoms with Crippen LogP contribution in [0.3, 0.4) is 0 Å². The molecule has 5 nitrogen and oxygen atoms in total. The van der Waals surface area contributed by atoms with Crippen molar-refractivity contribution in [3.05, 3.63) is 0 Å². The number of nitrogens with zero attached hydrogens (tertiary/aromatic N) is 1. The summed E-state index contributed by atoms with van der Waals surface area (Å²) in [5, 5.41) is 2.71. The molecule has 0 radical (unpaired) electrons. The van der Waals surface area contributed by atoms with Gasteiger partial charge in [-0.3, -0.25) is 9.59 Å². The number of carbonyl (C=O) groups excluding carboxylic acids is 2. The molecular weight excluding hydrogens is 232 g/mol. The topological polar surface area (TPSA) is 58.6 Å². The number of amides is 2. The molecule has 1 N–H and O–H groups in total. The molecule has 2 atom stereocenters. The number of hydrogen-bond acceptors (Lipinski definition) is 3. The minimum atomic E-state index is -0.447. The average Bonchev–Trinajstić information content (AvgIpc) is 2.25. The molecule has 1 aliphatic rings. The molecule has 1 saturated heterocycles. The van der Waals surface area contributed by atoms with Gasteiger partial charge in [-0.2, -0.15) is 0 Å². The molecule has 0 bridgehead atoms. The third-order valence-electron chi connectivity index (χ3n) is 3.16. The van der Waals surface area contributed by atoms with Gasteiger partial charge in [0.1, 0.15) is 12.1 Å². The number of carbonyl (C=O) groups is 2. The summed E-state index contributed by atoms with van der Waals surface area (Å²) in [4.78, 5) is 25.7. The van der Waals surface area contributed by atoms with Crippen LogP contribution in [0.2, 0.25) is 0 Å². The summed E-state index contributed by atoms with van der Waals surface area (Å²) < 4.78 is 5.62. The van der Waals surface area contributed by atoms with Gasteiger partial charge in [-0.15, -0.1) is 0 Å². The zero-order valence-corrected chi connectivity index (χ0v) is 11.9. The molecule has 0 aromatic heterocycles. The summed E-state index contributed by atoms with van der Waals surface area (Å²) in [6.07, 6.45) is 0.618. The Morgan fingerprint density at radius 3 is 2.44 bits per heavy atom. The van der Waals surface area contributed by atoms with Crippen molar-refractivity contribution in [1.29, 1.82) is 0 Å². The molecule has 1 aliphatic heterocycles. The molecule has 0 saturated carbocycles. The standard InChI is InChI=1S/C13H24N2O3/c1-6-10-11(16)14-9(3)12(17)15(10)8-13(4,5)18-7-2/h9-10H,6-8H2,1-5H3,(H,14,16). The van der Waals surface area contributed by atoms with Gasteiger partial charge in [-0.25, -0.2) is 0 Å². The maximum absolute atomic E-state index is 12.2. The Morgan fingerprint density at radius 2 is 1.94 bits per heavy atom. The van der Waals surface area contributed by atoms with E-state index in [1.165, 1.54) is 0 Å². The molecule has 0 aromatic carbocycles. The third kappa shape index (κ3) is 3.22. The van der Waals surface area contributed by atoms with Gasteiger partial charge >= 0.3 is 0 Å². The van der Waals surface area contributed by atoms with Gasteiger partial charge in [0.2, 0.25) is 11.8 Å². The van der Waals surface area contributed by atoms with Crippen molar-refractivity contribution in [1.82, 2.24) is 10.2 Å². The molecule has 5 heteroatoms. The zero-order valence-electron chi connectivity index (χ0n) is 11.9. The van der Waals surface area contributed by atoms with Crippen LogP contribution in [0.4, 0.5) is 0 Å². The number of nitrogens with one attached hydrogen (secondary N) is 1. The van der Waals surface area contributed by atoms with Gasteiger partial charge in [0, 0.05) is 6.61 Å². The summed E-state index contributed by atoms with van der Waals surface area (Å²) >= 11 is 0. The molecule has 18 heavy (non-hydrogen) atoms. The first-order valence-corrected chi connectivity index (χ1v) is 6.57. The van der Waals surface area contributed by atoms with Crippen molar-refractivity contribution in [2.24, 2.45) is 0 Å². The van der Waals surface area contributed by atoms with Gasteiger partial charge in [-0.05, 0) is 34.1 Å². The summed E-state index contributed by atoms with van der Waals surface area (Å²) in [7, 11) is 0. The van der Waals surface area contributed by atoms with Crippen molar-refractivity contribution in [3.63, 3.8) is 0 Å². The van der Waals surface area contributed by atoms with E-state index in [0.29, 0.717) is 19.6 Å². The Hall–Kier alpha value is -1.10. The molecule has 1 heterocycles. The lowest BCUT2D eigenvalue weighted by molar-refractivity contribution is -0.153. The van der Waals surface area contributed by atoms with Gasteiger partial charge in [0.25, 0.3) is 0 Å². The molecule has 2 unspecified atom stereocenters. The van der Waals surface area contributed by atoms with Crippen LogP contribution in [-0.4, -0.2) is 47.6 Å². The predicted molar refractivity (Wildman–Crippen MR) is 69.1 cm³/mol. The lowest BCUT2D eigenvalue weighted by Gasteiger charge is -2.41. The van der Waals surface area contributed by atoms with Crippen molar-refractivity contribution in [2.45, 2.75) is 58.7 Å². The maximum Gasteiger partial charge on any atom is 0.245 e. The van der Waals surface area contributed by atoms with Gasteiger partial charge in [0.15, 0.2) is 0 Å². The van der Waals surface area contributed by atoms with Gasteiger partial charge < -0.3 is 15.0 Å². The van der Waals surface area contributed by atoms with Crippen molar-refractivity contribution in [2.75, 3.05) is 13.2 Å². The largest absolute Gasteiger partial charge is 0.374 e. The highest BCUT2D eigenvalue weighted by molar-refractivity contribution is 5.96. The first-order chi connectivity index (χ1) is 8.32. The number of ether oxygens (including phenoxy) is 1. The van der Waals surface area contributed by atoms with Crippen molar-refractivity contribution in [3.8, 4) is 0 Å². The molecule has 1 fully saturated rings. The fourth-order valence-electron chi connectivity index (χ4n) is 2.36. The zero-order chi connectivity index (χ0) is 13.9. The van der Waals surface area contributed by atoms with E-state index in [-0.39, 0.29) is 17.9 Å². The highest BCUT2D eigenvalue weighted by Crippen LogP contribution is 2.19. The summed E-state index contributed by atoms with van der Waals surface area (Å²) in [5.74, 6) is -0.105. The second-order valence-corrected chi connectivity index (χ2v) is 5.31. The fraction of sp³-hybridized carbons (Fsp3) is 0.846. The summed E-state index contributed by atoms with van der Waals surface area (Å²) in [6, 6.07) is -0.828. The fourth-order valence-corrected chi connectivity index (χ4v) is 2.36. The summed E-state index contributed by atoms with van der Waals surface area (Å²) in [5.41, 5.74) is -0.435. The maximum atomic E-state index is 12.2. The minimum absolute atomic E-state index is 0.0331. The molecule has 0 aliphatic carbocycles. The van der Waals surface area contributed by atoms with Crippen LogP contribution in [0, 0.1) is 0 Å². The number of hydrogen-bond donors (Lipinski definition) is 1. The van der Waals surface area contributed by atoms with Crippen LogP contribution >= 0.6 is 0 Å². The van der Waals surface area contributed by atoms with Crippen LogP contribution < -0.4 is 5.32 Å². The van der Waals surface area contributed by atoms with E-state index in [2.05, 4.69) is 5.32 Å². The minimum Gasteiger partial charge on any atom is -0.374 e. The van der Waals surface area contributed by atoms with Gasteiger partial charge in [-0.1, -0.05) is 6.92 Å². The molecule has 104 valence electrons. The Labute approximate surface area is 109 Å². The van der Waals surface area contributed by atoms with E-state index in [1.54, 1.807) is 11.8 Å². The third-order valence-corrected chi connectivity index (χ3v) is 3.16. The Morgan fingerprint density at radius 1 is 1.33 bits per heavy atom. The van der Waals surface area contributed by atoms with E-state index in [0.717, 1.165) is 0 Å². The normalized spacial score (nSPS) is 25.3. The van der Waals surface area contributed by atoms with Crippen LogP contribution in [0.15, 0.2) is 0 Å². The molecule has 0 spiro atoms. The van der Waals surface area contributed by atoms with E-state index >= 15 is 0 Å². The second kappa shape index (κ2) is 5.69. The number of rotatable bonds is 5. The van der Waals surface area contributed by atoms with Gasteiger partial charge in [0.05, 0.1) is 12.1 Å². The molecule has 0 aromatic rings. The Bertz CT molecular complexity index is 328. The van der Waals surface area contributed by atoms with E-state index in [1.807, 2.05) is 27.7 Å². The smallest absolute Gasteiger partial charge is 0.245 e. The van der Waals surface area contributed by atoms with Crippen LogP contribution in [0.1, 0.15) is 41.0 Å². The van der Waals surface area contributed by atoms with E-state index in [4.69, 9.17) is 4.74 Å². The number of piperazine rings is 1. The average molecular weight is 256 g/mol. The second-order valence-electron chi connectivity index (χ2n) is 5.31. The first kappa shape index (κ1) is 15.0. The lowest BCUT2D eigenvalue weighted by atomic mass is 10.0. The van der Waals surface area contributed by atoms with Crippen LogP contribution in [0.5, 0.6) is 0 Å². The highest BCUT2D eigenvalue weighted by Gasteiger charge is 2.40. The quantitative estimate of drug-likeness (QED) is 0.796. The Balaban J connectivity index is 2.86. The van der Waals surface area contributed by atoms with E-state index < -0.39 is 11.6 Å². The lowest BCUT2D eigenvalue weighted by Crippen LogP contribution is -2.64. The highest BCUT2D eigenvalue weighted by atomic mass is 16.5. The van der Waals surface area contributed by atoms with Crippen LogP contribution in [-0.2, 0) is 14.3 Å². The monoisotopic (exact) mass is 256 g/mol. The Kier molecular flexibility index (Phi) is 4.73. The van der Waals surface area contributed by atoms with Crippen molar-refractivity contribution < 1.29 is 14.3 Å². The SMILES string of the molecule is CCOC(C)(C)CN1C(=O)C(C)NC(=O)C1CC. The first-order valence-electron chi connectivity index (χ1n) is 6.57. The predicted octanol–water partition coefficient (Wildman–Crippen LogP) is 0.927. The van der Waals surface area contributed by atoms with Crippen molar-refractivity contribution >= 4 is 11.8 Å². The van der Waals surface area contributed by atoms with E-state index in [9.17, 15) is 9.59 Å². The molecular formula is C13H24N2O3. The molecule has 1 rings (SSSR count). The summed E-state index contributed by atoms with van der Waals surface area (Å²) in [6.45, 7) is 10.5. The molecule has 2 amide bonds.